The second-order valence-electron chi connectivity index (χ2n) is 7.80. The van der Waals surface area contributed by atoms with Crippen molar-refractivity contribution in [2.24, 2.45) is 0 Å². The molecule has 0 bridgehead atoms. The first-order valence-electron chi connectivity index (χ1n) is 11.6. The maximum atomic E-state index is 12.3. The summed E-state index contributed by atoms with van der Waals surface area (Å²) < 4.78 is 21.2. The summed E-state index contributed by atoms with van der Waals surface area (Å²) in [5, 5.41) is 5.78. The molecule has 0 saturated heterocycles. The molecule has 2 aromatic carbocycles. The predicted molar refractivity (Wildman–Crippen MR) is 133 cm³/mol. The van der Waals surface area contributed by atoms with Crippen molar-refractivity contribution in [3.8, 4) is 23.0 Å². The fourth-order valence-corrected chi connectivity index (χ4v) is 3.67. The minimum atomic E-state index is -0.0452. The molecule has 0 radical (unpaired) electrons. The van der Waals surface area contributed by atoms with E-state index in [-0.39, 0.29) is 11.8 Å². The van der Waals surface area contributed by atoms with E-state index in [0.29, 0.717) is 47.2 Å². The van der Waals surface area contributed by atoms with Gasteiger partial charge >= 0.3 is 0 Å². The van der Waals surface area contributed by atoms with E-state index in [1.807, 2.05) is 12.1 Å². The number of unbranched alkanes of at least 4 members (excludes halogenated alkanes) is 5. The number of hydrogen-bond acceptors (Lipinski definition) is 6. The van der Waals surface area contributed by atoms with Crippen molar-refractivity contribution in [3.63, 3.8) is 0 Å². The molecule has 2 N–H and O–H groups in total. The number of methoxy groups -OCH3 is 4. The zero-order chi connectivity index (χ0) is 24.8. The number of nitrogens with one attached hydrogen (secondary N) is 2. The molecule has 0 unspecified atom stereocenters. The molecule has 0 spiro atoms. The SMILES string of the molecule is COc1cccc(NC(=O)CCCCCCCCC(=O)Nc2cccc(OC)c2OC)c1OC. The number of carbonyl (C=O) groups excluding carboxylic acids is 2. The van der Waals surface area contributed by atoms with Crippen LogP contribution in [0.2, 0.25) is 0 Å². The number of benzene rings is 2. The third-order valence-electron chi connectivity index (χ3n) is 5.41. The van der Waals surface area contributed by atoms with Crippen LogP contribution in [0.1, 0.15) is 51.4 Å². The normalized spacial score (nSPS) is 10.4. The number of para-hydroxylation sites is 2. The Labute approximate surface area is 201 Å². The molecule has 0 aliphatic rings. The summed E-state index contributed by atoms with van der Waals surface area (Å²) in [7, 11) is 6.22. The van der Waals surface area contributed by atoms with Crippen LogP contribution < -0.4 is 29.6 Å². The number of anilines is 2. The van der Waals surface area contributed by atoms with Crippen LogP contribution in [-0.4, -0.2) is 40.3 Å². The lowest BCUT2D eigenvalue weighted by molar-refractivity contribution is -0.117. The number of ether oxygens (including phenoxy) is 4. The Hall–Kier alpha value is -3.42. The van der Waals surface area contributed by atoms with E-state index in [1.54, 1.807) is 52.7 Å². The predicted octanol–water partition coefficient (Wildman–Crippen LogP) is 5.42. The Morgan fingerprint density at radius 1 is 0.588 bits per heavy atom. The molecule has 0 aliphatic heterocycles. The maximum Gasteiger partial charge on any atom is 0.224 e. The molecule has 0 aliphatic carbocycles. The summed E-state index contributed by atoms with van der Waals surface area (Å²) in [4.78, 5) is 24.5. The average molecular weight is 473 g/mol. The number of amides is 2. The first-order chi connectivity index (χ1) is 16.5. The van der Waals surface area contributed by atoms with Gasteiger partial charge in [0, 0.05) is 12.8 Å². The topological polar surface area (TPSA) is 95.1 Å². The molecule has 2 amide bonds. The summed E-state index contributed by atoms with van der Waals surface area (Å²) in [6, 6.07) is 10.8. The van der Waals surface area contributed by atoms with Gasteiger partial charge in [0.05, 0.1) is 39.8 Å². The molecular formula is C26H36N2O6. The first kappa shape index (κ1) is 26.8. The summed E-state index contributed by atoms with van der Waals surface area (Å²) in [6.07, 6.45) is 6.52. The van der Waals surface area contributed by atoms with E-state index in [4.69, 9.17) is 18.9 Å². The standard InChI is InChI=1S/C26H36N2O6/c1-31-21-15-11-13-19(25(21)33-3)27-23(29)17-9-7-5-6-8-10-18-24(30)28-20-14-12-16-22(32-2)26(20)34-4/h11-16H,5-10,17-18H2,1-4H3,(H,27,29)(H,28,30). The summed E-state index contributed by atoms with van der Waals surface area (Å²) in [5.74, 6) is 2.11. The number of hydrogen-bond donors (Lipinski definition) is 2. The van der Waals surface area contributed by atoms with Gasteiger partial charge in [-0.25, -0.2) is 0 Å². The van der Waals surface area contributed by atoms with E-state index in [1.165, 1.54) is 0 Å². The number of rotatable bonds is 15. The molecule has 0 heterocycles. The molecule has 2 rings (SSSR count). The monoisotopic (exact) mass is 472 g/mol. The smallest absolute Gasteiger partial charge is 0.224 e. The molecule has 0 saturated carbocycles. The van der Waals surface area contributed by atoms with E-state index >= 15 is 0 Å². The third-order valence-corrected chi connectivity index (χ3v) is 5.41. The fraction of sp³-hybridized carbons (Fsp3) is 0.462. The molecule has 0 aromatic heterocycles. The molecule has 34 heavy (non-hydrogen) atoms. The van der Waals surface area contributed by atoms with E-state index in [0.717, 1.165) is 38.5 Å². The van der Waals surface area contributed by atoms with Crippen molar-refractivity contribution in [3.05, 3.63) is 36.4 Å². The molecule has 2 aromatic rings. The van der Waals surface area contributed by atoms with Crippen molar-refractivity contribution in [1.82, 2.24) is 0 Å². The minimum absolute atomic E-state index is 0.0452. The van der Waals surface area contributed by atoms with Gasteiger partial charge in [0.1, 0.15) is 0 Å². The van der Waals surface area contributed by atoms with Gasteiger partial charge < -0.3 is 29.6 Å². The second kappa shape index (κ2) is 14.7. The zero-order valence-electron chi connectivity index (χ0n) is 20.6. The summed E-state index contributed by atoms with van der Waals surface area (Å²) in [6.45, 7) is 0. The molecule has 8 nitrogen and oxygen atoms in total. The zero-order valence-corrected chi connectivity index (χ0v) is 20.6. The van der Waals surface area contributed by atoms with Crippen molar-refractivity contribution < 1.29 is 28.5 Å². The average Bonchev–Trinajstić information content (AvgIpc) is 2.85. The number of carbonyl (C=O) groups is 2. The van der Waals surface area contributed by atoms with Crippen LogP contribution in [0.15, 0.2) is 36.4 Å². The molecule has 0 atom stereocenters. The fourth-order valence-electron chi connectivity index (χ4n) is 3.67. The second-order valence-corrected chi connectivity index (χ2v) is 7.80. The van der Waals surface area contributed by atoms with Gasteiger partial charge in [0.15, 0.2) is 23.0 Å². The van der Waals surface area contributed by atoms with E-state index in [9.17, 15) is 9.59 Å². The highest BCUT2D eigenvalue weighted by Crippen LogP contribution is 2.35. The van der Waals surface area contributed by atoms with Crippen LogP contribution in [0.4, 0.5) is 11.4 Å². The van der Waals surface area contributed by atoms with Crippen LogP contribution in [0.25, 0.3) is 0 Å². The van der Waals surface area contributed by atoms with Gasteiger partial charge in [0.2, 0.25) is 11.8 Å². The molecule has 8 heteroatoms. The van der Waals surface area contributed by atoms with Gasteiger partial charge in [-0.1, -0.05) is 37.8 Å². The molecule has 0 fully saturated rings. The van der Waals surface area contributed by atoms with Crippen LogP contribution in [0, 0.1) is 0 Å². The Morgan fingerprint density at radius 3 is 1.32 bits per heavy atom. The lowest BCUT2D eigenvalue weighted by atomic mass is 10.1. The van der Waals surface area contributed by atoms with E-state index < -0.39 is 0 Å². The summed E-state index contributed by atoms with van der Waals surface area (Å²) in [5.41, 5.74) is 1.22. The highest BCUT2D eigenvalue weighted by atomic mass is 16.5. The van der Waals surface area contributed by atoms with Gasteiger partial charge in [-0.05, 0) is 37.1 Å². The highest BCUT2D eigenvalue weighted by molar-refractivity contribution is 5.93. The minimum Gasteiger partial charge on any atom is -0.493 e. The highest BCUT2D eigenvalue weighted by Gasteiger charge is 2.13. The van der Waals surface area contributed by atoms with Gasteiger partial charge in [0.25, 0.3) is 0 Å². The maximum absolute atomic E-state index is 12.3. The van der Waals surface area contributed by atoms with Crippen LogP contribution in [0.5, 0.6) is 23.0 Å². The van der Waals surface area contributed by atoms with Gasteiger partial charge in [-0.3, -0.25) is 9.59 Å². The molecule has 186 valence electrons. The van der Waals surface area contributed by atoms with Crippen molar-refractivity contribution in [2.45, 2.75) is 51.4 Å². The molecular weight excluding hydrogens is 436 g/mol. The van der Waals surface area contributed by atoms with E-state index in [2.05, 4.69) is 10.6 Å². The van der Waals surface area contributed by atoms with Crippen molar-refractivity contribution >= 4 is 23.2 Å². The quantitative estimate of drug-likeness (QED) is 0.336. The third kappa shape index (κ3) is 8.17. The van der Waals surface area contributed by atoms with Crippen LogP contribution >= 0.6 is 0 Å². The Morgan fingerprint density at radius 2 is 0.971 bits per heavy atom. The largest absolute Gasteiger partial charge is 0.493 e. The van der Waals surface area contributed by atoms with Crippen LogP contribution in [-0.2, 0) is 9.59 Å². The Bertz CT molecular complexity index is 856. The van der Waals surface area contributed by atoms with Crippen molar-refractivity contribution in [2.75, 3.05) is 39.1 Å². The summed E-state index contributed by atoms with van der Waals surface area (Å²) >= 11 is 0. The van der Waals surface area contributed by atoms with Crippen LogP contribution in [0.3, 0.4) is 0 Å². The first-order valence-corrected chi connectivity index (χ1v) is 11.6. The Balaban J connectivity index is 1.59. The Kier molecular flexibility index (Phi) is 11.6. The van der Waals surface area contributed by atoms with Gasteiger partial charge in [-0.2, -0.15) is 0 Å². The lowest BCUT2D eigenvalue weighted by Crippen LogP contribution is -2.12. The lowest BCUT2D eigenvalue weighted by Gasteiger charge is -2.13. The van der Waals surface area contributed by atoms with Gasteiger partial charge in [-0.15, -0.1) is 0 Å². The van der Waals surface area contributed by atoms with Crippen molar-refractivity contribution in [1.29, 1.82) is 0 Å².